The molecule has 1 N–H and O–H groups in total. The lowest BCUT2D eigenvalue weighted by Crippen LogP contribution is -2.29. The second-order valence-electron chi connectivity index (χ2n) is 8.71. The molecule has 0 radical (unpaired) electrons. The zero-order valence-electron chi connectivity index (χ0n) is 19.5. The van der Waals surface area contributed by atoms with Crippen LogP contribution >= 0.6 is 12.2 Å². The number of nitrogens with one attached hydrogen (secondary N) is 1. The summed E-state index contributed by atoms with van der Waals surface area (Å²) in [4.78, 5) is 6.92. The number of benzene rings is 1. The van der Waals surface area contributed by atoms with Gasteiger partial charge in [0.2, 0.25) is 0 Å². The van der Waals surface area contributed by atoms with Crippen LogP contribution in [0.25, 0.3) is 0 Å². The Hall–Kier alpha value is -2.70. The number of aromatic nitrogens is 2. The SMILES string of the molecule is COCCn1c(C)cc([C@H]2[C@@H](c3ccccn3)NC(=S)N2c2ccc(C(C)C)cc2)c1C. The summed E-state index contributed by atoms with van der Waals surface area (Å²) in [6.45, 7) is 10.3. The lowest BCUT2D eigenvalue weighted by atomic mass is 9.96. The summed E-state index contributed by atoms with van der Waals surface area (Å²) in [6, 6.07) is 17.1. The summed E-state index contributed by atoms with van der Waals surface area (Å²) >= 11 is 5.87. The van der Waals surface area contributed by atoms with Crippen LogP contribution in [0.5, 0.6) is 0 Å². The zero-order valence-corrected chi connectivity index (χ0v) is 20.3. The van der Waals surface area contributed by atoms with Gasteiger partial charge < -0.3 is 19.5 Å². The first-order chi connectivity index (χ1) is 15.4. The maximum Gasteiger partial charge on any atom is 0.174 e. The third kappa shape index (κ3) is 4.17. The quantitative estimate of drug-likeness (QED) is 0.487. The topological polar surface area (TPSA) is 42.3 Å². The number of rotatable bonds is 7. The predicted octanol–water partition coefficient (Wildman–Crippen LogP) is 5.45. The molecule has 5 nitrogen and oxygen atoms in total. The maximum atomic E-state index is 5.87. The molecule has 0 saturated carbocycles. The van der Waals surface area contributed by atoms with E-state index in [4.69, 9.17) is 17.0 Å². The second-order valence-corrected chi connectivity index (χ2v) is 9.10. The van der Waals surface area contributed by atoms with Crippen LogP contribution < -0.4 is 10.2 Å². The number of nitrogens with zero attached hydrogens (tertiary/aromatic N) is 3. The molecular formula is C26H32N4OS. The third-order valence-electron chi connectivity index (χ3n) is 6.39. The molecule has 32 heavy (non-hydrogen) atoms. The highest BCUT2D eigenvalue weighted by Crippen LogP contribution is 2.43. The third-order valence-corrected chi connectivity index (χ3v) is 6.70. The first-order valence-electron chi connectivity index (χ1n) is 11.2. The van der Waals surface area contributed by atoms with Gasteiger partial charge >= 0.3 is 0 Å². The Kier molecular flexibility index (Phi) is 6.63. The molecule has 1 aromatic carbocycles. The molecule has 1 fully saturated rings. The average molecular weight is 449 g/mol. The molecule has 2 aromatic heterocycles. The molecule has 1 aliphatic rings. The second kappa shape index (κ2) is 9.43. The van der Waals surface area contributed by atoms with Crippen LogP contribution in [0.3, 0.4) is 0 Å². The monoisotopic (exact) mass is 448 g/mol. The molecule has 0 unspecified atom stereocenters. The van der Waals surface area contributed by atoms with Gasteiger partial charge in [-0.15, -0.1) is 0 Å². The van der Waals surface area contributed by atoms with Crippen LogP contribution in [0.2, 0.25) is 0 Å². The number of aryl methyl sites for hydroxylation is 1. The van der Waals surface area contributed by atoms with E-state index in [2.05, 4.69) is 83.9 Å². The van der Waals surface area contributed by atoms with Crippen molar-refractivity contribution < 1.29 is 4.74 Å². The summed E-state index contributed by atoms with van der Waals surface area (Å²) < 4.78 is 7.67. The Morgan fingerprint density at radius 3 is 2.50 bits per heavy atom. The molecular weight excluding hydrogens is 416 g/mol. The van der Waals surface area contributed by atoms with Crippen molar-refractivity contribution in [2.75, 3.05) is 18.6 Å². The molecule has 0 spiro atoms. The van der Waals surface area contributed by atoms with Gasteiger partial charge in [-0.25, -0.2) is 0 Å². The molecule has 0 aliphatic carbocycles. The van der Waals surface area contributed by atoms with Gasteiger partial charge in [0.15, 0.2) is 5.11 Å². The van der Waals surface area contributed by atoms with Crippen molar-refractivity contribution in [2.24, 2.45) is 0 Å². The van der Waals surface area contributed by atoms with E-state index >= 15 is 0 Å². The number of ether oxygens (including phenoxy) is 1. The minimum Gasteiger partial charge on any atom is -0.383 e. The van der Waals surface area contributed by atoms with Crippen LogP contribution in [-0.2, 0) is 11.3 Å². The smallest absolute Gasteiger partial charge is 0.174 e. The molecule has 0 amide bonds. The summed E-state index contributed by atoms with van der Waals surface area (Å²) in [5.74, 6) is 0.490. The standard InChI is InChI=1S/C26H32N4OS/c1-17(2)20-9-11-21(12-10-20)30-25(22-16-18(3)29(19(22)4)14-15-31-5)24(28-26(30)32)23-8-6-7-13-27-23/h6-13,16-17,24-25H,14-15H2,1-5H3,(H,28,32)/t24-,25+/m1/s1. The van der Waals surface area contributed by atoms with Crippen molar-refractivity contribution >= 4 is 23.0 Å². The molecule has 3 heterocycles. The van der Waals surface area contributed by atoms with Gasteiger partial charge in [0.25, 0.3) is 0 Å². The van der Waals surface area contributed by atoms with Crippen molar-refractivity contribution in [3.05, 3.63) is 82.9 Å². The van der Waals surface area contributed by atoms with Crippen molar-refractivity contribution in [3.8, 4) is 0 Å². The van der Waals surface area contributed by atoms with Crippen molar-refractivity contribution in [1.82, 2.24) is 14.9 Å². The normalized spacial score (nSPS) is 18.4. The predicted molar refractivity (Wildman–Crippen MR) is 134 cm³/mol. The van der Waals surface area contributed by atoms with E-state index in [1.807, 2.05) is 18.3 Å². The van der Waals surface area contributed by atoms with Crippen molar-refractivity contribution in [3.63, 3.8) is 0 Å². The molecule has 4 rings (SSSR count). The fourth-order valence-electron chi connectivity index (χ4n) is 4.62. The van der Waals surface area contributed by atoms with E-state index in [1.165, 1.54) is 22.5 Å². The van der Waals surface area contributed by atoms with E-state index in [0.717, 1.165) is 23.0 Å². The number of thiocarbonyl (C=S) groups is 1. The minimum atomic E-state index is -0.0372. The Bertz CT molecular complexity index is 1080. The minimum absolute atomic E-state index is 0.00444. The van der Waals surface area contributed by atoms with Crippen LogP contribution in [0, 0.1) is 13.8 Å². The van der Waals surface area contributed by atoms with Gasteiger partial charge in [0, 0.05) is 36.9 Å². The van der Waals surface area contributed by atoms with Crippen molar-refractivity contribution in [1.29, 1.82) is 0 Å². The maximum absolute atomic E-state index is 5.87. The van der Waals surface area contributed by atoms with E-state index in [9.17, 15) is 0 Å². The highest BCUT2D eigenvalue weighted by Gasteiger charge is 2.42. The molecule has 3 aromatic rings. The van der Waals surface area contributed by atoms with Gasteiger partial charge in [-0.05, 0) is 73.4 Å². The summed E-state index contributed by atoms with van der Waals surface area (Å²) in [6.07, 6.45) is 1.85. The lowest BCUT2D eigenvalue weighted by molar-refractivity contribution is 0.186. The summed E-state index contributed by atoms with van der Waals surface area (Å²) in [7, 11) is 1.74. The van der Waals surface area contributed by atoms with Crippen molar-refractivity contribution in [2.45, 2.75) is 52.2 Å². The fraction of sp³-hybridized carbons (Fsp3) is 0.385. The van der Waals surface area contributed by atoms with Crippen LogP contribution in [0.15, 0.2) is 54.7 Å². The van der Waals surface area contributed by atoms with Crippen LogP contribution in [0.1, 0.15) is 60.1 Å². The van der Waals surface area contributed by atoms with Gasteiger partial charge in [-0.3, -0.25) is 4.98 Å². The summed E-state index contributed by atoms with van der Waals surface area (Å²) in [5.41, 5.74) is 7.12. The molecule has 6 heteroatoms. The Labute approximate surface area is 196 Å². The Balaban J connectivity index is 1.81. The average Bonchev–Trinajstić information content (AvgIpc) is 3.28. The Morgan fingerprint density at radius 2 is 1.88 bits per heavy atom. The Morgan fingerprint density at radius 1 is 1.12 bits per heavy atom. The molecule has 1 saturated heterocycles. The highest BCUT2D eigenvalue weighted by molar-refractivity contribution is 7.80. The first kappa shape index (κ1) is 22.5. The molecule has 0 bridgehead atoms. The van der Waals surface area contributed by atoms with E-state index in [0.29, 0.717) is 12.5 Å². The van der Waals surface area contributed by atoms with Gasteiger partial charge in [0.1, 0.15) is 0 Å². The van der Waals surface area contributed by atoms with Gasteiger partial charge in [0.05, 0.1) is 24.4 Å². The molecule has 1 aliphatic heterocycles. The van der Waals surface area contributed by atoms with E-state index < -0.39 is 0 Å². The zero-order chi connectivity index (χ0) is 22.8. The fourth-order valence-corrected chi connectivity index (χ4v) is 4.97. The number of hydrogen-bond acceptors (Lipinski definition) is 3. The lowest BCUT2D eigenvalue weighted by Gasteiger charge is -2.28. The van der Waals surface area contributed by atoms with Gasteiger partial charge in [-0.1, -0.05) is 32.0 Å². The van der Waals surface area contributed by atoms with Gasteiger partial charge in [-0.2, -0.15) is 0 Å². The first-order valence-corrected chi connectivity index (χ1v) is 11.6. The van der Waals surface area contributed by atoms with Crippen LogP contribution in [0.4, 0.5) is 5.69 Å². The van der Waals surface area contributed by atoms with E-state index in [-0.39, 0.29) is 12.1 Å². The highest BCUT2D eigenvalue weighted by atomic mass is 32.1. The number of hydrogen-bond donors (Lipinski definition) is 1. The van der Waals surface area contributed by atoms with E-state index in [1.54, 1.807) is 7.11 Å². The number of anilines is 1. The number of methoxy groups -OCH3 is 1. The molecule has 168 valence electrons. The largest absolute Gasteiger partial charge is 0.383 e. The summed E-state index contributed by atoms with van der Waals surface area (Å²) in [5, 5.41) is 4.29. The van der Waals surface area contributed by atoms with Crippen LogP contribution in [-0.4, -0.2) is 28.4 Å². The number of pyridine rings is 1. The molecule has 2 atom stereocenters.